The third-order valence-electron chi connectivity index (χ3n) is 6.77. The zero-order chi connectivity index (χ0) is 41.1. The van der Waals surface area contributed by atoms with Gasteiger partial charge in [0, 0.05) is 59.7 Å². The maximum atomic E-state index is 12.6. The number of rotatable bonds is 8. The maximum absolute atomic E-state index is 12.6. The molecule has 0 spiro atoms. The number of halogens is 6. The number of carboxylic acid groups (broad SMARTS) is 2. The topological polar surface area (TPSA) is 196 Å². The Morgan fingerprint density at radius 1 is 0.561 bits per heavy atom. The molecule has 0 saturated carbocycles. The molecular weight excluding hydrogens is 814 g/mol. The molecule has 0 unspecified atom stereocenters. The number of benzene rings is 2. The van der Waals surface area contributed by atoms with Crippen LogP contribution in [0.15, 0.2) is 134 Å². The van der Waals surface area contributed by atoms with E-state index in [1.807, 2.05) is 12.1 Å². The quantitative estimate of drug-likeness (QED) is 0.110. The van der Waals surface area contributed by atoms with Crippen molar-refractivity contribution in [3.63, 3.8) is 0 Å². The SMILES string of the molecule is O=C([O-])c1cccnc1Nc1cccc(C(F)(F)F)c1.O=C([O-])c1cccnc1Nc1cccc(C(F)(F)F)c1.OCc1cccnc1.OCc1cccnc1.[Cu+2]. The first-order chi connectivity index (χ1) is 26.6. The number of nitrogens with one attached hydrogen (secondary N) is 2. The van der Waals surface area contributed by atoms with Gasteiger partial charge in [-0.2, -0.15) is 26.3 Å². The fraction of sp³-hybridized carbons (Fsp3) is 0.105. The first kappa shape index (κ1) is 46.8. The van der Waals surface area contributed by atoms with Gasteiger partial charge in [0.2, 0.25) is 0 Å². The number of anilines is 4. The first-order valence-corrected chi connectivity index (χ1v) is 15.8. The van der Waals surface area contributed by atoms with Crippen molar-refractivity contribution in [1.29, 1.82) is 0 Å². The van der Waals surface area contributed by atoms with Gasteiger partial charge in [-0.1, -0.05) is 24.3 Å². The van der Waals surface area contributed by atoms with E-state index in [1.54, 1.807) is 36.9 Å². The van der Waals surface area contributed by atoms with E-state index in [0.717, 1.165) is 35.4 Å². The minimum atomic E-state index is -4.47. The molecule has 0 amide bonds. The molecule has 2 aromatic carbocycles. The zero-order valence-corrected chi connectivity index (χ0v) is 29.9. The first-order valence-electron chi connectivity index (χ1n) is 15.8. The van der Waals surface area contributed by atoms with Gasteiger partial charge in [0.15, 0.2) is 0 Å². The second-order valence-corrected chi connectivity index (χ2v) is 10.8. The Morgan fingerprint density at radius 2 is 0.930 bits per heavy atom. The molecular formula is C38H30CuF6N6O6. The Bertz CT molecular complexity index is 2000. The molecule has 19 heteroatoms. The van der Waals surface area contributed by atoms with Crippen LogP contribution in [0.2, 0.25) is 0 Å². The van der Waals surface area contributed by atoms with Crippen LogP contribution >= 0.6 is 0 Å². The number of aromatic carboxylic acids is 2. The molecule has 0 bridgehead atoms. The molecule has 0 fully saturated rings. The number of aliphatic hydroxyl groups excluding tert-OH is 2. The molecule has 0 atom stereocenters. The zero-order valence-electron chi connectivity index (χ0n) is 29.0. The number of hydrogen-bond donors (Lipinski definition) is 4. The molecule has 12 nitrogen and oxygen atoms in total. The van der Waals surface area contributed by atoms with Crippen molar-refractivity contribution in [2.75, 3.05) is 10.6 Å². The summed E-state index contributed by atoms with van der Waals surface area (Å²) in [4.78, 5) is 36.9. The number of carbonyl (C=O) groups excluding carboxylic acids is 2. The third-order valence-corrected chi connectivity index (χ3v) is 6.77. The van der Waals surface area contributed by atoms with E-state index in [9.17, 15) is 46.1 Å². The van der Waals surface area contributed by atoms with Crippen LogP contribution in [0.3, 0.4) is 0 Å². The van der Waals surface area contributed by atoms with Crippen molar-refractivity contribution in [3.05, 3.63) is 168 Å². The summed E-state index contributed by atoms with van der Waals surface area (Å²) < 4.78 is 75.4. The second kappa shape index (κ2) is 22.9. The predicted molar refractivity (Wildman–Crippen MR) is 187 cm³/mol. The normalized spacial score (nSPS) is 10.4. The monoisotopic (exact) mass is 843 g/mol. The molecule has 0 aliphatic heterocycles. The summed E-state index contributed by atoms with van der Waals surface area (Å²) >= 11 is 0. The van der Waals surface area contributed by atoms with E-state index in [-0.39, 0.29) is 64.4 Å². The van der Waals surface area contributed by atoms with Crippen LogP contribution in [0.25, 0.3) is 0 Å². The Kier molecular flexibility index (Phi) is 18.7. The number of alkyl halides is 6. The Morgan fingerprint density at radius 3 is 1.21 bits per heavy atom. The molecule has 6 rings (SSSR count). The largest absolute Gasteiger partial charge is 2.00 e. The van der Waals surface area contributed by atoms with Gasteiger partial charge >= 0.3 is 29.4 Å². The summed E-state index contributed by atoms with van der Waals surface area (Å²) in [6, 6.07) is 21.3. The van der Waals surface area contributed by atoms with Crippen LogP contribution in [0, 0.1) is 0 Å². The van der Waals surface area contributed by atoms with Crippen LogP contribution in [-0.2, 0) is 42.6 Å². The van der Waals surface area contributed by atoms with Crippen molar-refractivity contribution in [3.8, 4) is 0 Å². The maximum Gasteiger partial charge on any atom is 2.00 e. The summed E-state index contributed by atoms with van der Waals surface area (Å²) in [5.74, 6) is -3.08. The van der Waals surface area contributed by atoms with Crippen molar-refractivity contribution < 1.29 is 73.4 Å². The second-order valence-electron chi connectivity index (χ2n) is 10.8. The standard InChI is InChI=1S/2C13H9F3N2O2.2C6H7NO.Cu/c2*14-13(15,16)8-3-1-4-9(7-8)18-11-10(12(19)20)5-2-6-17-11;2*8-5-6-2-1-3-7-4-6;/h2*1-7H,(H,17,18)(H,19,20);2*1-4,8H,5H2;/q;;;;+2/p-2. The van der Waals surface area contributed by atoms with Crippen molar-refractivity contribution in [2.24, 2.45) is 0 Å². The average molecular weight is 844 g/mol. The van der Waals surface area contributed by atoms with E-state index in [1.165, 1.54) is 60.9 Å². The van der Waals surface area contributed by atoms with Crippen molar-refractivity contribution in [2.45, 2.75) is 25.6 Å². The van der Waals surface area contributed by atoms with Crippen LogP contribution in [-0.4, -0.2) is 42.1 Å². The van der Waals surface area contributed by atoms with E-state index in [0.29, 0.717) is 0 Å². The number of pyridine rings is 4. The number of nitrogens with zero attached hydrogens (tertiary/aromatic N) is 4. The molecule has 0 saturated heterocycles. The van der Waals surface area contributed by atoms with Crippen LogP contribution in [0.1, 0.15) is 43.0 Å². The number of aliphatic hydroxyl groups is 2. The summed E-state index contributed by atoms with van der Waals surface area (Å²) in [5, 5.41) is 43.8. The van der Waals surface area contributed by atoms with Gasteiger partial charge in [0.1, 0.15) is 11.6 Å². The van der Waals surface area contributed by atoms with Gasteiger partial charge in [-0.3, -0.25) is 9.97 Å². The van der Waals surface area contributed by atoms with Crippen molar-refractivity contribution >= 4 is 34.9 Å². The van der Waals surface area contributed by atoms with Gasteiger partial charge < -0.3 is 40.6 Å². The summed E-state index contributed by atoms with van der Waals surface area (Å²) in [6.07, 6.45) is 0.334. The molecule has 301 valence electrons. The molecule has 0 aliphatic rings. The average Bonchev–Trinajstić information content (AvgIpc) is 3.19. The smallest absolute Gasteiger partial charge is 0.545 e. The van der Waals surface area contributed by atoms with Crippen LogP contribution in [0.5, 0.6) is 0 Å². The number of aromatic nitrogens is 4. The molecule has 1 radical (unpaired) electrons. The summed E-state index contributed by atoms with van der Waals surface area (Å²) in [6.45, 7) is 0.154. The Balaban J connectivity index is 0.000000283. The van der Waals surface area contributed by atoms with Gasteiger partial charge in [0.05, 0.1) is 36.3 Å². The van der Waals surface area contributed by atoms with E-state index >= 15 is 0 Å². The summed E-state index contributed by atoms with van der Waals surface area (Å²) in [5.41, 5.74) is -0.265. The summed E-state index contributed by atoms with van der Waals surface area (Å²) in [7, 11) is 0. The number of carboxylic acids is 2. The van der Waals surface area contributed by atoms with Crippen LogP contribution < -0.4 is 20.8 Å². The minimum absolute atomic E-state index is 0. The molecule has 4 N–H and O–H groups in total. The third kappa shape index (κ3) is 16.1. The molecule has 6 aromatic rings. The van der Waals surface area contributed by atoms with E-state index in [2.05, 4.69) is 30.6 Å². The van der Waals surface area contributed by atoms with Gasteiger partial charge in [0.25, 0.3) is 0 Å². The van der Waals surface area contributed by atoms with Gasteiger partial charge in [-0.05, 0) is 83.9 Å². The molecule has 4 heterocycles. The number of hydrogen-bond acceptors (Lipinski definition) is 12. The molecule has 0 aliphatic carbocycles. The van der Waals surface area contributed by atoms with E-state index < -0.39 is 35.4 Å². The fourth-order valence-corrected chi connectivity index (χ4v) is 4.14. The van der Waals surface area contributed by atoms with Crippen molar-refractivity contribution in [1.82, 2.24) is 19.9 Å². The molecule has 57 heavy (non-hydrogen) atoms. The van der Waals surface area contributed by atoms with Crippen LogP contribution in [0.4, 0.5) is 49.4 Å². The van der Waals surface area contributed by atoms with Gasteiger partial charge in [-0.15, -0.1) is 0 Å². The Hall–Kier alpha value is -6.40. The fourth-order valence-electron chi connectivity index (χ4n) is 4.14. The van der Waals surface area contributed by atoms with Gasteiger partial charge in [-0.25, -0.2) is 9.97 Å². The Labute approximate surface area is 331 Å². The number of carbonyl (C=O) groups is 2. The molecule has 4 aromatic heterocycles. The van der Waals surface area contributed by atoms with E-state index in [4.69, 9.17) is 10.2 Å². The minimum Gasteiger partial charge on any atom is -0.545 e. The predicted octanol–water partition coefficient (Wildman–Crippen LogP) is 5.56.